The number of hydrogen-bond acceptors (Lipinski definition) is 8. The summed E-state index contributed by atoms with van der Waals surface area (Å²) >= 11 is 1.22. The fourth-order valence-corrected chi connectivity index (χ4v) is 3.26. The Bertz CT molecular complexity index is 579. The first-order valence-corrected chi connectivity index (χ1v) is 9.48. The number of ether oxygens (including phenoxy) is 1. The van der Waals surface area contributed by atoms with E-state index in [-0.39, 0.29) is 0 Å². The molecule has 1 aromatic heterocycles. The van der Waals surface area contributed by atoms with Crippen molar-refractivity contribution in [1.82, 2.24) is 19.4 Å². The first kappa shape index (κ1) is 17.2. The normalized spacial score (nSPS) is 18.1. The Labute approximate surface area is 147 Å². The second-order valence-corrected chi connectivity index (χ2v) is 6.55. The van der Waals surface area contributed by atoms with Gasteiger partial charge in [-0.15, -0.1) is 4.37 Å². The van der Waals surface area contributed by atoms with E-state index in [0.29, 0.717) is 12.5 Å². The molecule has 0 amide bonds. The van der Waals surface area contributed by atoms with Gasteiger partial charge in [0.15, 0.2) is 0 Å². The Hall–Kier alpha value is -1.67. The number of aromatic nitrogens is 2. The number of unbranched alkanes of at least 4 members (excludes halogenated alkanes) is 1. The van der Waals surface area contributed by atoms with E-state index in [9.17, 15) is 0 Å². The van der Waals surface area contributed by atoms with Crippen LogP contribution >= 0.6 is 11.7 Å². The maximum atomic E-state index is 5.97. The quantitative estimate of drug-likeness (QED) is 0.725. The van der Waals surface area contributed by atoms with E-state index in [1.165, 1.54) is 23.7 Å². The first-order valence-electron chi connectivity index (χ1n) is 8.75. The summed E-state index contributed by atoms with van der Waals surface area (Å²) < 4.78 is 14.7. The Balaban J connectivity index is 1.54. The van der Waals surface area contributed by atoms with Gasteiger partial charge < -0.3 is 20.3 Å². The molecule has 3 rings (SSSR count). The predicted octanol–water partition coefficient (Wildman–Crippen LogP) is 1.44. The lowest BCUT2D eigenvalue weighted by Crippen LogP contribution is -2.43. The van der Waals surface area contributed by atoms with Gasteiger partial charge in [-0.3, -0.25) is 4.99 Å². The molecule has 2 aliphatic heterocycles. The van der Waals surface area contributed by atoms with Crippen LogP contribution in [0.3, 0.4) is 0 Å². The standard InChI is InChI=1S/C16H26N6OS/c1-2-3-5-18-14-11-13(4-6-19-14)12-23-16-15(20-24-21-16)22-9-7-17-8-10-22/h11,17H,2-10,12H2,1H3,(H,18,19). The second kappa shape index (κ2) is 8.98. The highest BCUT2D eigenvalue weighted by atomic mass is 32.1. The molecule has 0 aromatic carbocycles. The molecule has 0 unspecified atom stereocenters. The van der Waals surface area contributed by atoms with Crippen LogP contribution in [0.1, 0.15) is 26.2 Å². The van der Waals surface area contributed by atoms with E-state index in [1.807, 2.05) is 0 Å². The predicted molar refractivity (Wildman–Crippen MR) is 98.4 cm³/mol. The minimum absolute atomic E-state index is 0.555. The molecule has 2 N–H and O–H groups in total. The topological polar surface area (TPSA) is 74.7 Å². The summed E-state index contributed by atoms with van der Waals surface area (Å²) in [5, 5.41) is 6.73. The number of piperazine rings is 1. The van der Waals surface area contributed by atoms with Crippen molar-refractivity contribution in [1.29, 1.82) is 0 Å². The Kier molecular flexibility index (Phi) is 6.42. The minimum atomic E-state index is 0.555. The van der Waals surface area contributed by atoms with Crippen LogP contribution in [0.4, 0.5) is 5.82 Å². The SMILES string of the molecule is CCCCNC1=NCCC(COc2nsnc2N2CCNCC2)=C1. The largest absolute Gasteiger partial charge is 0.470 e. The van der Waals surface area contributed by atoms with Gasteiger partial charge in [0.1, 0.15) is 12.4 Å². The smallest absolute Gasteiger partial charge is 0.271 e. The molecule has 3 heterocycles. The molecule has 0 atom stereocenters. The molecule has 8 heteroatoms. The molecule has 0 bridgehead atoms. The summed E-state index contributed by atoms with van der Waals surface area (Å²) in [7, 11) is 0. The van der Waals surface area contributed by atoms with Gasteiger partial charge in [0.25, 0.3) is 5.88 Å². The molecule has 7 nitrogen and oxygen atoms in total. The molecule has 0 spiro atoms. The van der Waals surface area contributed by atoms with E-state index in [2.05, 4.69) is 42.3 Å². The minimum Gasteiger partial charge on any atom is -0.470 e. The third-order valence-corrected chi connectivity index (χ3v) is 4.65. The second-order valence-electron chi connectivity index (χ2n) is 6.02. The van der Waals surface area contributed by atoms with Crippen LogP contribution in [0.5, 0.6) is 5.88 Å². The van der Waals surface area contributed by atoms with Crippen LogP contribution in [0.2, 0.25) is 0 Å². The van der Waals surface area contributed by atoms with Gasteiger partial charge in [0.2, 0.25) is 5.82 Å². The zero-order chi connectivity index (χ0) is 16.6. The highest BCUT2D eigenvalue weighted by Crippen LogP contribution is 2.26. The average molecular weight is 350 g/mol. The molecule has 1 saturated heterocycles. The molecule has 0 radical (unpaired) electrons. The van der Waals surface area contributed by atoms with Gasteiger partial charge in [-0.05, 0) is 24.5 Å². The molecule has 0 saturated carbocycles. The van der Waals surface area contributed by atoms with Crippen LogP contribution in [-0.2, 0) is 0 Å². The molecule has 1 aromatic rings. The zero-order valence-corrected chi connectivity index (χ0v) is 15.1. The van der Waals surface area contributed by atoms with Crippen LogP contribution in [0.15, 0.2) is 16.6 Å². The van der Waals surface area contributed by atoms with Crippen molar-refractivity contribution in [3.8, 4) is 5.88 Å². The molecule has 2 aliphatic rings. The average Bonchev–Trinajstić information content (AvgIpc) is 3.10. The van der Waals surface area contributed by atoms with Gasteiger partial charge in [0, 0.05) is 39.3 Å². The van der Waals surface area contributed by atoms with Gasteiger partial charge in [0.05, 0.1) is 11.7 Å². The molecule has 24 heavy (non-hydrogen) atoms. The third-order valence-electron chi connectivity index (χ3n) is 4.15. The molecule has 132 valence electrons. The van der Waals surface area contributed by atoms with Gasteiger partial charge in [-0.2, -0.15) is 4.37 Å². The summed E-state index contributed by atoms with van der Waals surface area (Å²) in [5.41, 5.74) is 1.25. The number of aliphatic imine (C=N–C) groups is 1. The highest BCUT2D eigenvalue weighted by molar-refractivity contribution is 6.99. The summed E-state index contributed by atoms with van der Waals surface area (Å²) in [6.07, 6.45) is 5.41. The van der Waals surface area contributed by atoms with Crippen molar-refractivity contribution in [3.63, 3.8) is 0 Å². The maximum absolute atomic E-state index is 5.97. The summed E-state index contributed by atoms with van der Waals surface area (Å²) in [6, 6.07) is 0. The lowest BCUT2D eigenvalue weighted by Gasteiger charge is -2.27. The maximum Gasteiger partial charge on any atom is 0.271 e. The van der Waals surface area contributed by atoms with E-state index in [4.69, 9.17) is 4.74 Å². The Morgan fingerprint density at radius 2 is 2.21 bits per heavy atom. The van der Waals surface area contributed by atoms with Crippen molar-refractivity contribution in [3.05, 3.63) is 11.6 Å². The summed E-state index contributed by atoms with van der Waals surface area (Å²) in [6.45, 7) is 8.39. The lowest BCUT2D eigenvalue weighted by atomic mass is 10.1. The first-order chi connectivity index (χ1) is 11.9. The number of rotatable bonds is 7. The van der Waals surface area contributed by atoms with E-state index >= 15 is 0 Å². The van der Waals surface area contributed by atoms with E-state index in [0.717, 1.165) is 63.8 Å². The van der Waals surface area contributed by atoms with Gasteiger partial charge in [-0.25, -0.2) is 0 Å². The van der Waals surface area contributed by atoms with E-state index < -0.39 is 0 Å². The highest BCUT2D eigenvalue weighted by Gasteiger charge is 2.19. The Morgan fingerprint density at radius 3 is 3.04 bits per heavy atom. The van der Waals surface area contributed by atoms with Crippen molar-refractivity contribution in [2.75, 3.05) is 50.8 Å². The fraction of sp³-hybridized carbons (Fsp3) is 0.688. The summed E-state index contributed by atoms with van der Waals surface area (Å²) in [4.78, 5) is 6.76. The fourth-order valence-electron chi connectivity index (χ4n) is 2.74. The van der Waals surface area contributed by atoms with Crippen molar-refractivity contribution < 1.29 is 4.74 Å². The lowest BCUT2D eigenvalue weighted by molar-refractivity contribution is 0.336. The van der Waals surface area contributed by atoms with Crippen LogP contribution in [-0.4, -0.2) is 60.5 Å². The number of hydrogen-bond donors (Lipinski definition) is 2. The number of nitrogens with one attached hydrogen (secondary N) is 2. The zero-order valence-electron chi connectivity index (χ0n) is 14.3. The Morgan fingerprint density at radius 1 is 1.33 bits per heavy atom. The summed E-state index contributed by atoms with van der Waals surface area (Å²) in [5.74, 6) is 2.52. The van der Waals surface area contributed by atoms with Crippen LogP contribution < -0.4 is 20.3 Å². The van der Waals surface area contributed by atoms with Crippen LogP contribution in [0.25, 0.3) is 0 Å². The molecule has 1 fully saturated rings. The number of dihydropyridines is 1. The number of nitrogens with zero attached hydrogens (tertiary/aromatic N) is 4. The third kappa shape index (κ3) is 4.67. The monoisotopic (exact) mass is 350 g/mol. The van der Waals surface area contributed by atoms with Crippen LogP contribution in [0, 0.1) is 0 Å². The van der Waals surface area contributed by atoms with Crippen molar-refractivity contribution in [2.24, 2.45) is 4.99 Å². The van der Waals surface area contributed by atoms with Gasteiger partial charge in [-0.1, -0.05) is 13.3 Å². The molecule has 0 aliphatic carbocycles. The molecular weight excluding hydrogens is 324 g/mol. The van der Waals surface area contributed by atoms with Gasteiger partial charge >= 0.3 is 0 Å². The van der Waals surface area contributed by atoms with E-state index in [1.54, 1.807) is 0 Å². The van der Waals surface area contributed by atoms with Crippen molar-refractivity contribution >= 4 is 23.4 Å². The number of amidine groups is 1. The molecular formula is C16H26N6OS. The number of anilines is 1. The van der Waals surface area contributed by atoms with Crippen molar-refractivity contribution in [2.45, 2.75) is 26.2 Å².